The number of methoxy groups -OCH3 is 1. The van der Waals surface area contributed by atoms with Gasteiger partial charge in [-0.3, -0.25) is 0 Å². The zero-order chi connectivity index (χ0) is 21.6. The van der Waals surface area contributed by atoms with Crippen molar-refractivity contribution >= 4 is 12.0 Å². The molecule has 3 heterocycles. The summed E-state index contributed by atoms with van der Waals surface area (Å²) in [5.74, 6) is 1.81. The molecule has 4 rings (SSSR count). The number of β-amino-alcohol motifs (C(OH)–C–C–N with tert-alkyl or cyclic N) is 1. The molecule has 2 saturated heterocycles. The van der Waals surface area contributed by atoms with Gasteiger partial charge in [0.25, 0.3) is 0 Å². The number of alkyl carbamates (subject to hydrolysis) is 1. The maximum atomic E-state index is 12.4. The van der Waals surface area contributed by atoms with Gasteiger partial charge in [0.2, 0.25) is 5.95 Å². The van der Waals surface area contributed by atoms with Crippen molar-refractivity contribution in [1.82, 2.24) is 20.6 Å². The van der Waals surface area contributed by atoms with E-state index in [1.807, 2.05) is 24.3 Å². The molecule has 0 unspecified atom stereocenters. The lowest BCUT2D eigenvalue weighted by Gasteiger charge is -2.23. The van der Waals surface area contributed by atoms with Crippen LogP contribution in [0.15, 0.2) is 42.7 Å². The minimum absolute atomic E-state index is 0.147. The van der Waals surface area contributed by atoms with Crippen molar-refractivity contribution in [3.8, 4) is 5.75 Å². The maximum Gasteiger partial charge on any atom is 0.407 e. The molecule has 1 aromatic carbocycles. The van der Waals surface area contributed by atoms with E-state index < -0.39 is 18.3 Å². The molecule has 1 aromatic heterocycles. The number of hydrogen-bond donors (Lipinski definition) is 3. The van der Waals surface area contributed by atoms with E-state index in [1.54, 1.807) is 25.6 Å². The molecule has 4 atom stereocenters. The van der Waals surface area contributed by atoms with Gasteiger partial charge in [0.1, 0.15) is 18.0 Å². The first-order valence-corrected chi connectivity index (χ1v) is 10.6. The summed E-state index contributed by atoms with van der Waals surface area (Å²) in [7, 11) is 1.63. The number of amides is 1. The molecule has 3 N–H and O–H groups in total. The van der Waals surface area contributed by atoms with Crippen LogP contribution in [0, 0.1) is 5.92 Å². The average molecular weight is 428 g/mol. The van der Waals surface area contributed by atoms with Gasteiger partial charge in [-0.2, -0.15) is 0 Å². The SMILES string of the molecule is COc1ccc(C[C@H]2NC[C@H](O)[C@H]2OC(=O)NC[C@H]2CCN(c3ncccn3)C2)cc1. The van der Waals surface area contributed by atoms with Gasteiger partial charge in [0.15, 0.2) is 0 Å². The third-order valence-corrected chi connectivity index (χ3v) is 5.88. The van der Waals surface area contributed by atoms with Crippen LogP contribution in [-0.2, 0) is 11.2 Å². The zero-order valence-corrected chi connectivity index (χ0v) is 17.6. The number of carbonyl (C=O) groups excluding carboxylic acids is 1. The molecule has 1 amide bonds. The third-order valence-electron chi connectivity index (χ3n) is 5.88. The molecule has 2 aliphatic heterocycles. The van der Waals surface area contributed by atoms with Crippen LogP contribution in [0.1, 0.15) is 12.0 Å². The summed E-state index contributed by atoms with van der Waals surface area (Å²) in [5, 5.41) is 16.4. The molecule has 166 valence electrons. The lowest BCUT2D eigenvalue weighted by molar-refractivity contribution is 0.0186. The van der Waals surface area contributed by atoms with Crippen molar-refractivity contribution in [3.05, 3.63) is 48.3 Å². The average Bonchev–Trinajstić information content (AvgIpc) is 3.41. The second kappa shape index (κ2) is 9.93. The molecule has 31 heavy (non-hydrogen) atoms. The van der Waals surface area contributed by atoms with Gasteiger partial charge in [-0.05, 0) is 42.5 Å². The van der Waals surface area contributed by atoms with E-state index in [0.717, 1.165) is 30.8 Å². The number of aromatic nitrogens is 2. The maximum absolute atomic E-state index is 12.4. The molecule has 0 aliphatic carbocycles. The van der Waals surface area contributed by atoms with Gasteiger partial charge in [0, 0.05) is 38.6 Å². The smallest absolute Gasteiger partial charge is 0.407 e. The summed E-state index contributed by atoms with van der Waals surface area (Å²) < 4.78 is 10.8. The van der Waals surface area contributed by atoms with Gasteiger partial charge in [-0.1, -0.05) is 12.1 Å². The van der Waals surface area contributed by atoms with Gasteiger partial charge in [0.05, 0.1) is 13.2 Å². The minimum atomic E-state index is -0.730. The largest absolute Gasteiger partial charge is 0.497 e. The Balaban J connectivity index is 1.25. The number of nitrogens with zero attached hydrogens (tertiary/aromatic N) is 3. The van der Waals surface area contributed by atoms with E-state index in [0.29, 0.717) is 31.4 Å². The Morgan fingerprint density at radius 1 is 1.29 bits per heavy atom. The Kier molecular flexibility index (Phi) is 6.83. The molecule has 9 nitrogen and oxygen atoms in total. The highest BCUT2D eigenvalue weighted by atomic mass is 16.6. The fraction of sp³-hybridized carbons (Fsp3) is 0.500. The minimum Gasteiger partial charge on any atom is -0.497 e. The standard InChI is InChI=1S/C22H29N5O4/c1-30-17-5-3-15(4-6-17)11-18-20(19(28)13-25-18)31-22(29)26-12-16-7-10-27(14-16)21-23-8-2-9-24-21/h2-6,8-9,16,18-20,25,28H,7,10-14H2,1H3,(H,26,29)/t16-,18-,19+,20+/m1/s1. The molecule has 0 spiro atoms. The lowest BCUT2D eigenvalue weighted by atomic mass is 10.0. The van der Waals surface area contributed by atoms with Gasteiger partial charge in [-0.15, -0.1) is 0 Å². The van der Waals surface area contributed by atoms with Crippen molar-refractivity contribution in [1.29, 1.82) is 0 Å². The molecule has 2 aromatic rings. The molecular weight excluding hydrogens is 398 g/mol. The number of aliphatic hydroxyl groups is 1. The van der Waals surface area contributed by atoms with Gasteiger partial charge < -0.3 is 30.1 Å². The van der Waals surface area contributed by atoms with E-state index >= 15 is 0 Å². The number of aliphatic hydroxyl groups excluding tert-OH is 1. The molecule has 2 aliphatic rings. The molecule has 0 saturated carbocycles. The summed E-state index contributed by atoms with van der Waals surface area (Å²) in [4.78, 5) is 23.1. The van der Waals surface area contributed by atoms with Gasteiger partial charge in [-0.25, -0.2) is 14.8 Å². The predicted octanol–water partition coefficient (Wildman–Crippen LogP) is 0.982. The van der Waals surface area contributed by atoms with Crippen molar-refractivity contribution in [2.24, 2.45) is 5.92 Å². The van der Waals surface area contributed by atoms with E-state index in [1.165, 1.54) is 0 Å². The fourth-order valence-electron chi connectivity index (χ4n) is 4.17. The first-order valence-electron chi connectivity index (χ1n) is 10.6. The number of benzene rings is 1. The predicted molar refractivity (Wildman–Crippen MR) is 115 cm³/mol. The van der Waals surface area contributed by atoms with Crippen LogP contribution in [0.4, 0.5) is 10.7 Å². The number of rotatable bonds is 7. The highest BCUT2D eigenvalue weighted by Crippen LogP contribution is 2.21. The summed E-state index contributed by atoms with van der Waals surface area (Å²) in [6.07, 6.45) is 3.23. The summed E-state index contributed by atoms with van der Waals surface area (Å²) in [5.41, 5.74) is 1.08. The number of carbonyl (C=O) groups is 1. The normalized spacial score (nSPS) is 25.4. The van der Waals surface area contributed by atoms with E-state index in [2.05, 4.69) is 25.5 Å². The second-order valence-electron chi connectivity index (χ2n) is 8.03. The molecular formula is C22H29N5O4. The Hall–Kier alpha value is -2.91. The van der Waals surface area contributed by atoms with Crippen LogP contribution in [0.3, 0.4) is 0 Å². The number of nitrogens with one attached hydrogen (secondary N) is 2. The summed E-state index contributed by atoms with van der Waals surface area (Å²) >= 11 is 0. The second-order valence-corrected chi connectivity index (χ2v) is 8.03. The molecule has 0 radical (unpaired) electrons. The summed E-state index contributed by atoms with van der Waals surface area (Å²) in [6.45, 7) is 2.56. The van der Waals surface area contributed by atoms with E-state index in [4.69, 9.17) is 9.47 Å². The topological polar surface area (TPSA) is 109 Å². The number of anilines is 1. The van der Waals surface area contributed by atoms with Crippen molar-refractivity contribution < 1.29 is 19.4 Å². The Bertz CT molecular complexity index is 851. The van der Waals surface area contributed by atoms with E-state index in [9.17, 15) is 9.90 Å². The Labute approximate surface area is 181 Å². The Morgan fingerprint density at radius 3 is 2.81 bits per heavy atom. The fourth-order valence-corrected chi connectivity index (χ4v) is 4.17. The molecule has 0 bridgehead atoms. The monoisotopic (exact) mass is 427 g/mol. The van der Waals surface area contributed by atoms with Crippen LogP contribution in [0.5, 0.6) is 5.75 Å². The van der Waals surface area contributed by atoms with Crippen LogP contribution in [0.25, 0.3) is 0 Å². The highest BCUT2D eigenvalue weighted by Gasteiger charge is 2.38. The first-order chi connectivity index (χ1) is 15.1. The van der Waals surface area contributed by atoms with Crippen LogP contribution < -0.4 is 20.3 Å². The van der Waals surface area contributed by atoms with E-state index in [-0.39, 0.29) is 6.04 Å². The quantitative estimate of drug-likeness (QED) is 0.600. The zero-order valence-electron chi connectivity index (χ0n) is 17.6. The summed E-state index contributed by atoms with van der Waals surface area (Å²) in [6, 6.07) is 9.40. The van der Waals surface area contributed by atoms with Crippen LogP contribution >= 0.6 is 0 Å². The number of ether oxygens (including phenoxy) is 2. The third kappa shape index (κ3) is 5.42. The molecule has 2 fully saturated rings. The van der Waals surface area contributed by atoms with Crippen molar-refractivity contribution in [3.63, 3.8) is 0 Å². The highest BCUT2D eigenvalue weighted by molar-refractivity contribution is 5.67. The van der Waals surface area contributed by atoms with Crippen LogP contribution in [-0.4, -0.2) is 72.7 Å². The van der Waals surface area contributed by atoms with Crippen molar-refractivity contribution in [2.45, 2.75) is 31.1 Å². The van der Waals surface area contributed by atoms with Crippen LogP contribution in [0.2, 0.25) is 0 Å². The number of hydrogen-bond acceptors (Lipinski definition) is 8. The van der Waals surface area contributed by atoms with Gasteiger partial charge >= 0.3 is 6.09 Å². The first kappa shape index (κ1) is 21.3. The molecule has 9 heteroatoms. The lowest BCUT2D eigenvalue weighted by Crippen LogP contribution is -2.42. The Morgan fingerprint density at radius 2 is 2.06 bits per heavy atom. The van der Waals surface area contributed by atoms with Crippen molar-refractivity contribution in [2.75, 3.05) is 38.2 Å².